The summed E-state index contributed by atoms with van der Waals surface area (Å²) in [5.74, 6) is 1.61. The molecule has 0 amide bonds. The monoisotopic (exact) mass is 324 g/mol. The van der Waals surface area contributed by atoms with Crippen molar-refractivity contribution in [2.24, 2.45) is 0 Å². The van der Waals surface area contributed by atoms with Gasteiger partial charge in [-0.1, -0.05) is 0 Å². The molecule has 1 aromatic carbocycles. The smallest absolute Gasteiger partial charge is 0.143 e. The molecule has 0 bridgehead atoms. The lowest BCUT2D eigenvalue weighted by Crippen LogP contribution is -2.14. The van der Waals surface area contributed by atoms with Gasteiger partial charge in [-0.05, 0) is 36.8 Å². The van der Waals surface area contributed by atoms with E-state index in [1.54, 1.807) is 0 Å². The molecule has 0 fully saturated rings. The number of aromatic nitrogens is 3. The molecule has 0 aliphatic heterocycles. The number of nitrogens with one attached hydrogen (secondary N) is 2. The third kappa shape index (κ3) is 3.27. The van der Waals surface area contributed by atoms with E-state index in [0.717, 1.165) is 22.7 Å². The maximum atomic E-state index is 4.54. The van der Waals surface area contributed by atoms with E-state index in [4.69, 9.17) is 0 Å². The van der Waals surface area contributed by atoms with Crippen molar-refractivity contribution in [1.82, 2.24) is 15.0 Å². The molecule has 0 saturated heterocycles. The van der Waals surface area contributed by atoms with Crippen LogP contribution in [0.2, 0.25) is 0 Å². The summed E-state index contributed by atoms with van der Waals surface area (Å²) in [5, 5.41) is 4.47. The Hall–Kier alpha value is -2.76. The SMILES string of the molecule is Cc1nc(NCc2cc(N(C)C)cc(N(C)C)c2)c2cc[nH]c2n1. The molecule has 0 radical (unpaired) electrons. The van der Waals surface area contributed by atoms with E-state index in [-0.39, 0.29) is 0 Å². The molecule has 0 aliphatic carbocycles. The molecule has 24 heavy (non-hydrogen) atoms. The lowest BCUT2D eigenvalue weighted by Gasteiger charge is -2.20. The predicted octanol–water partition coefficient (Wildman–Crippen LogP) is 3.01. The van der Waals surface area contributed by atoms with Gasteiger partial charge in [0, 0.05) is 52.3 Å². The van der Waals surface area contributed by atoms with E-state index < -0.39 is 0 Å². The molecule has 2 heterocycles. The molecule has 2 aromatic heterocycles. The van der Waals surface area contributed by atoms with Crippen LogP contribution in [-0.2, 0) is 6.54 Å². The molecule has 0 saturated carbocycles. The first-order valence-corrected chi connectivity index (χ1v) is 7.98. The summed E-state index contributed by atoms with van der Waals surface area (Å²) in [6.07, 6.45) is 1.89. The van der Waals surface area contributed by atoms with Gasteiger partial charge in [-0.15, -0.1) is 0 Å². The van der Waals surface area contributed by atoms with Gasteiger partial charge in [0.25, 0.3) is 0 Å². The molecule has 3 aromatic rings. The van der Waals surface area contributed by atoms with Crippen LogP contribution >= 0.6 is 0 Å². The Balaban J connectivity index is 1.89. The number of anilines is 3. The van der Waals surface area contributed by atoms with Crippen LogP contribution in [0.5, 0.6) is 0 Å². The van der Waals surface area contributed by atoms with Gasteiger partial charge in [-0.25, -0.2) is 9.97 Å². The minimum Gasteiger partial charge on any atom is -0.378 e. The Bertz CT molecular complexity index is 824. The largest absolute Gasteiger partial charge is 0.378 e. The number of rotatable bonds is 5. The summed E-state index contributed by atoms with van der Waals surface area (Å²) < 4.78 is 0. The fraction of sp³-hybridized carbons (Fsp3) is 0.333. The van der Waals surface area contributed by atoms with Gasteiger partial charge < -0.3 is 20.1 Å². The fourth-order valence-electron chi connectivity index (χ4n) is 2.65. The summed E-state index contributed by atoms with van der Waals surface area (Å²) >= 11 is 0. The van der Waals surface area contributed by atoms with Crippen LogP contribution in [-0.4, -0.2) is 43.1 Å². The van der Waals surface area contributed by atoms with Crippen LogP contribution in [0.1, 0.15) is 11.4 Å². The number of nitrogens with zero attached hydrogens (tertiary/aromatic N) is 4. The average Bonchev–Trinajstić information content (AvgIpc) is 3.00. The van der Waals surface area contributed by atoms with Crippen molar-refractivity contribution < 1.29 is 0 Å². The topological polar surface area (TPSA) is 60.1 Å². The Morgan fingerprint density at radius 1 is 1.00 bits per heavy atom. The van der Waals surface area contributed by atoms with E-state index in [0.29, 0.717) is 6.54 Å². The highest BCUT2D eigenvalue weighted by Crippen LogP contribution is 2.25. The van der Waals surface area contributed by atoms with E-state index >= 15 is 0 Å². The highest BCUT2D eigenvalue weighted by Gasteiger charge is 2.08. The number of benzene rings is 1. The first kappa shape index (κ1) is 16.1. The zero-order valence-electron chi connectivity index (χ0n) is 14.9. The van der Waals surface area contributed by atoms with Gasteiger partial charge in [-0.2, -0.15) is 0 Å². The van der Waals surface area contributed by atoms with E-state index in [9.17, 15) is 0 Å². The standard InChI is InChI=1S/C18H24N6/c1-12-21-17-16(6-7-19-17)18(22-12)20-11-13-8-14(23(2)3)10-15(9-13)24(4)5/h6-10H,11H2,1-5H3,(H2,19,20,21,22). The number of hydrogen-bond acceptors (Lipinski definition) is 5. The molecule has 3 rings (SSSR count). The summed E-state index contributed by atoms with van der Waals surface area (Å²) in [7, 11) is 8.23. The Morgan fingerprint density at radius 2 is 1.67 bits per heavy atom. The maximum absolute atomic E-state index is 4.54. The van der Waals surface area contributed by atoms with Crippen LogP contribution in [0.15, 0.2) is 30.5 Å². The molecule has 0 unspecified atom stereocenters. The number of aromatic amines is 1. The predicted molar refractivity (Wildman–Crippen MR) is 101 cm³/mol. The van der Waals surface area contributed by atoms with Gasteiger partial charge in [0.1, 0.15) is 17.3 Å². The molecule has 6 nitrogen and oxygen atoms in total. The van der Waals surface area contributed by atoms with Crippen molar-refractivity contribution in [1.29, 1.82) is 0 Å². The first-order chi connectivity index (χ1) is 11.4. The lowest BCUT2D eigenvalue weighted by atomic mass is 10.1. The van der Waals surface area contributed by atoms with Crippen molar-refractivity contribution in [2.45, 2.75) is 13.5 Å². The van der Waals surface area contributed by atoms with E-state index in [1.807, 2.05) is 19.2 Å². The Kier molecular flexibility index (Phi) is 4.29. The number of H-pyrrole nitrogens is 1. The molecular formula is C18H24N6. The number of fused-ring (bicyclic) bond motifs is 1. The second-order valence-electron chi connectivity index (χ2n) is 6.36. The van der Waals surface area contributed by atoms with Gasteiger partial charge in [0.15, 0.2) is 0 Å². The summed E-state index contributed by atoms with van der Waals surface area (Å²) in [5.41, 5.74) is 4.44. The van der Waals surface area contributed by atoms with Crippen LogP contribution < -0.4 is 15.1 Å². The highest BCUT2D eigenvalue weighted by molar-refractivity contribution is 5.87. The van der Waals surface area contributed by atoms with Gasteiger partial charge in [-0.3, -0.25) is 0 Å². The van der Waals surface area contributed by atoms with Crippen molar-refractivity contribution >= 4 is 28.2 Å². The number of aryl methyl sites for hydroxylation is 1. The quantitative estimate of drug-likeness (QED) is 0.755. The normalized spacial score (nSPS) is 10.9. The summed E-state index contributed by atoms with van der Waals surface area (Å²) in [6, 6.07) is 8.58. The summed E-state index contributed by atoms with van der Waals surface area (Å²) in [4.78, 5) is 16.3. The van der Waals surface area contributed by atoms with Gasteiger partial charge >= 0.3 is 0 Å². The van der Waals surface area contributed by atoms with Crippen LogP contribution in [0, 0.1) is 6.92 Å². The maximum Gasteiger partial charge on any atom is 0.143 e. The van der Waals surface area contributed by atoms with Gasteiger partial charge in [0.2, 0.25) is 0 Å². The van der Waals surface area contributed by atoms with Crippen LogP contribution in [0.25, 0.3) is 11.0 Å². The van der Waals surface area contributed by atoms with E-state index in [2.05, 4.69) is 76.5 Å². The highest BCUT2D eigenvalue weighted by atomic mass is 15.1. The zero-order valence-corrected chi connectivity index (χ0v) is 14.9. The van der Waals surface area contributed by atoms with Crippen molar-refractivity contribution in [3.8, 4) is 0 Å². The second-order valence-corrected chi connectivity index (χ2v) is 6.36. The minimum atomic E-state index is 0.708. The van der Waals surface area contributed by atoms with Crippen molar-refractivity contribution in [2.75, 3.05) is 43.3 Å². The average molecular weight is 324 g/mol. The molecule has 126 valence electrons. The molecule has 0 aliphatic rings. The molecule has 2 N–H and O–H groups in total. The fourth-order valence-corrected chi connectivity index (χ4v) is 2.65. The second kappa shape index (κ2) is 6.39. The Morgan fingerprint density at radius 3 is 2.29 bits per heavy atom. The molecule has 6 heteroatoms. The molecule has 0 atom stereocenters. The Labute approximate surface area is 142 Å². The number of hydrogen-bond donors (Lipinski definition) is 2. The van der Waals surface area contributed by atoms with E-state index in [1.165, 1.54) is 16.9 Å². The third-order valence-electron chi connectivity index (χ3n) is 3.98. The zero-order chi connectivity index (χ0) is 17.3. The van der Waals surface area contributed by atoms with Crippen LogP contribution in [0.4, 0.5) is 17.2 Å². The van der Waals surface area contributed by atoms with Crippen LogP contribution in [0.3, 0.4) is 0 Å². The summed E-state index contributed by atoms with van der Waals surface area (Å²) in [6.45, 7) is 2.61. The minimum absolute atomic E-state index is 0.708. The third-order valence-corrected chi connectivity index (χ3v) is 3.98. The molecular weight excluding hydrogens is 300 g/mol. The molecule has 0 spiro atoms. The first-order valence-electron chi connectivity index (χ1n) is 7.98. The van der Waals surface area contributed by atoms with Crippen molar-refractivity contribution in [3.05, 3.63) is 41.9 Å². The van der Waals surface area contributed by atoms with Crippen molar-refractivity contribution in [3.63, 3.8) is 0 Å². The van der Waals surface area contributed by atoms with Gasteiger partial charge in [0.05, 0.1) is 5.39 Å². The lowest BCUT2D eigenvalue weighted by molar-refractivity contribution is 1.04.